The van der Waals surface area contributed by atoms with Gasteiger partial charge in [-0.05, 0) is 74.7 Å². The van der Waals surface area contributed by atoms with Gasteiger partial charge in [-0.15, -0.1) is 0 Å². The molecule has 140 valence electrons. The Labute approximate surface area is 159 Å². The molecule has 2 aromatic rings. The van der Waals surface area contributed by atoms with Crippen LogP contribution >= 0.6 is 0 Å². The normalized spacial score (nSPS) is 11.1. The Kier molecular flexibility index (Phi) is 6.62. The van der Waals surface area contributed by atoms with Crippen LogP contribution in [0.5, 0.6) is 11.5 Å². The first-order valence-electron chi connectivity index (χ1n) is 8.17. The molecule has 0 fully saturated rings. The van der Waals surface area contributed by atoms with Crippen LogP contribution in [0.4, 0.5) is 11.4 Å². The van der Waals surface area contributed by atoms with Gasteiger partial charge in [0.2, 0.25) is 12.2 Å². The largest absolute Gasteiger partial charge is 0.521 e. The molecule has 27 heavy (non-hydrogen) atoms. The lowest BCUT2D eigenvalue weighted by Crippen LogP contribution is -2.52. The number of isocyanates is 2. The predicted molar refractivity (Wildman–Crippen MR) is 106 cm³/mol. The highest BCUT2D eigenvalue weighted by atomic mass is 28.5. The van der Waals surface area contributed by atoms with Crippen LogP contribution in [-0.2, 0) is 13.7 Å². The first kappa shape index (κ1) is 20.5. The van der Waals surface area contributed by atoms with E-state index in [1.807, 2.05) is 26.2 Å². The van der Waals surface area contributed by atoms with Crippen molar-refractivity contribution >= 4 is 40.7 Å². The summed E-state index contributed by atoms with van der Waals surface area (Å²) in [7, 11) is -5.07. The summed E-state index contributed by atoms with van der Waals surface area (Å²) in [4.78, 5) is 27.6. The highest BCUT2D eigenvalue weighted by molar-refractivity contribution is 6.79. The molecular weight excluding hydrogens is 380 g/mol. The van der Waals surface area contributed by atoms with Crippen molar-refractivity contribution in [3.63, 3.8) is 0 Å². The fraction of sp³-hybridized carbons (Fsp3) is 0.222. The summed E-state index contributed by atoms with van der Waals surface area (Å²) < 4.78 is 18.3. The van der Waals surface area contributed by atoms with E-state index in [2.05, 4.69) is 9.98 Å². The van der Waals surface area contributed by atoms with Crippen LogP contribution in [0, 0.1) is 0 Å². The van der Waals surface area contributed by atoms with E-state index in [1.165, 1.54) is 12.2 Å². The van der Waals surface area contributed by atoms with Crippen molar-refractivity contribution in [1.29, 1.82) is 0 Å². The van der Waals surface area contributed by atoms with Gasteiger partial charge in [0, 0.05) is 0 Å². The summed E-state index contributed by atoms with van der Waals surface area (Å²) >= 11 is 0. The van der Waals surface area contributed by atoms with Gasteiger partial charge in [0.25, 0.3) is 0 Å². The minimum absolute atomic E-state index is 0.512. The van der Waals surface area contributed by atoms with E-state index >= 15 is 0 Å². The van der Waals surface area contributed by atoms with Crippen molar-refractivity contribution < 1.29 is 22.6 Å². The fourth-order valence-electron chi connectivity index (χ4n) is 2.48. The number of hydrogen-bond donors (Lipinski definition) is 0. The van der Waals surface area contributed by atoms with Crippen LogP contribution in [0.3, 0.4) is 0 Å². The maximum Gasteiger partial charge on any atom is 0.384 e. The van der Waals surface area contributed by atoms with Gasteiger partial charge >= 0.3 is 17.1 Å². The van der Waals surface area contributed by atoms with Crippen LogP contribution < -0.4 is 8.85 Å². The van der Waals surface area contributed by atoms with E-state index < -0.39 is 17.1 Å². The average Bonchev–Trinajstić information content (AvgIpc) is 2.57. The van der Waals surface area contributed by atoms with Crippen LogP contribution in [0.1, 0.15) is 0 Å². The number of rotatable bonds is 8. The van der Waals surface area contributed by atoms with E-state index in [1.54, 1.807) is 48.5 Å². The molecule has 0 unspecified atom stereocenters. The van der Waals surface area contributed by atoms with Gasteiger partial charge in [-0.3, -0.25) is 0 Å². The van der Waals surface area contributed by atoms with Crippen LogP contribution in [0.25, 0.3) is 0 Å². The Hall–Kier alpha value is -2.81. The molecule has 0 radical (unpaired) electrons. The minimum Gasteiger partial charge on any atom is -0.521 e. The maximum absolute atomic E-state index is 10.3. The maximum atomic E-state index is 10.3. The fourth-order valence-corrected chi connectivity index (χ4v) is 8.96. The molecule has 0 saturated heterocycles. The summed E-state index contributed by atoms with van der Waals surface area (Å²) in [5.41, 5.74) is 1.02. The van der Waals surface area contributed by atoms with Gasteiger partial charge in [0.05, 0.1) is 11.4 Å². The SMILES string of the molecule is C[Si](C)(Oc1ccc(N=C=O)cc1)O[Si](C)(C)Oc1ccc(N=C=O)cc1. The zero-order chi connectivity index (χ0) is 19.9. The van der Waals surface area contributed by atoms with Gasteiger partial charge in [-0.25, -0.2) is 9.59 Å². The predicted octanol–water partition coefficient (Wildman–Crippen LogP) is 4.50. The zero-order valence-corrected chi connectivity index (χ0v) is 17.6. The quantitative estimate of drug-likeness (QED) is 0.370. The Balaban J connectivity index is 2.02. The lowest BCUT2D eigenvalue weighted by Gasteiger charge is -2.33. The van der Waals surface area contributed by atoms with Crippen LogP contribution in [0.2, 0.25) is 26.2 Å². The molecule has 2 rings (SSSR count). The first-order chi connectivity index (χ1) is 12.7. The molecule has 2 aromatic carbocycles. The summed E-state index contributed by atoms with van der Waals surface area (Å²) in [5.74, 6) is 1.27. The van der Waals surface area contributed by atoms with E-state index in [-0.39, 0.29) is 0 Å². The number of nitrogens with zero attached hydrogens (tertiary/aromatic N) is 2. The number of carbonyl (C=O) groups excluding carboxylic acids is 2. The lowest BCUT2D eigenvalue weighted by atomic mass is 10.3. The van der Waals surface area contributed by atoms with Gasteiger partial charge in [0.1, 0.15) is 11.5 Å². The molecule has 7 nitrogen and oxygen atoms in total. The van der Waals surface area contributed by atoms with Crippen molar-refractivity contribution in [2.45, 2.75) is 26.2 Å². The van der Waals surface area contributed by atoms with E-state index in [0.717, 1.165) is 0 Å². The standard InChI is InChI=1S/C18H20N2O5Si2/c1-26(2,23-17-9-5-15(6-10-17)19-13-21)25-27(3,4)24-18-11-7-16(8-12-18)20-14-22/h5-12H,1-4H3. The smallest absolute Gasteiger partial charge is 0.384 e. The van der Waals surface area contributed by atoms with Crippen LogP contribution in [0.15, 0.2) is 58.5 Å². The number of hydrogen-bond acceptors (Lipinski definition) is 7. The summed E-state index contributed by atoms with van der Waals surface area (Å²) in [6.07, 6.45) is 3.00. The molecule has 0 aliphatic heterocycles. The van der Waals surface area contributed by atoms with E-state index in [9.17, 15) is 9.59 Å². The Bertz CT molecular complexity index is 796. The topological polar surface area (TPSA) is 86.6 Å². The molecule has 0 bridgehead atoms. The van der Waals surface area contributed by atoms with Crippen molar-refractivity contribution in [3.05, 3.63) is 48.5 Å². The third-order valence-corrected chi connectivity index (χ3v) is 8.63. The Morgan fingerprint density at radius 2 is 1.00 bits per heavy atom. The molecule has 0 atom stereocenters. The lowest BCUT2D eigenvalue weighted by molar-refractivity contribution is 0.334. The molecule has 0 aromatic heterocycles. The van der Waals surface area contributed by atoms with Gasteiger partial charge in [-0.1, -0.05) is 0 Å². The summed E-state index contributed by atoms with van der Waals surface area (Å²) in [5, 5.41) is 0. The van der Waals surface area contributed by atoms with Crippen molar-refractivity contribution in [2.24, 2.45) is 9.98 Å². The average molecular weight is 401 g/mol. The minimum atomic E-state index is -2.53. The second-order valence-electron chi connectivity index (χ2n) is 6.50. The van der Waals surface area contributed by atoms with Crippen molar-refractivity contribution in [1.82, 2.24) is 0 Å². The van der Waals surface area contributed by atoms with Crippen LogP contribution in [-0.4, -0.2) is 29.3 Å². The molecule has 0 saturated carbocycles. The second-order valence-corrected chi connectivity index (χ2v) is 13.3. The van der Waals surface area contributed by atoms with Crippen molar-refractivity contribution in [2.75, 3.05) is 0 Å². The number of aliphatic imine (C=N–C) groups is 2. The third-order valence-electron chi connectivity index (χ3n) is 3.24. The molecule has 9 heteroatoms. The molecule has 0 N–H and O–H groups in total. The van der Waals surface area contributed by atoms with Gasteiger partial charge in [0.15, 0.2) is 0 Å². The number of benzene rings is 2. The van der Waals surface area contributed by atoms with E-state index in [0.29, 0.717) is 22.9 Å². The molecular formula is C18H20N2O5Si2. The second kappa shape index (κ2) is 8.72. The van der Waals surface area contributed by atoms with E-state index in [4.69, 9.17) is 13.0 Å². The highest BCUT2D eigenvalue weighted by Crippen LogP contribution is 2.25. The molecule has 0 aliphatic rings. The molecule has 0 heterocycles. The Morgan fingerprint density at radius 1 is 0.667 bits per heavy atom. The van der Waals surface area contributed by atoms with Gasteiger partial charge in [-0.2, -0.15) is 9.98 Å². The third kappa shape index (κ3) is 6.78. The molecule has 0 aliphatic carbocycles. The van der Waals surface area contributed by atoms with Gasteiger partial charge < -0.3 is 13.0 Å². The molecule has 0 spiro atoms. The molecule has 0 amide bonds. The van der Waals surface area contributed by atoms with Crippen molar-refractivity contribution in [3.8, 4) is 11.5 Å². The summed E-state index contributed by atoms with van der Waals surface area (Å²) in [6, 6.07) is 13.6. The Morgan fingerprint density at radius 3 is 1.30 bits per heavy atom. The highest BCUT2D eigenvalue weighted by Gasteiger charge is 2.39. The zero-order valence-electron chi connectivity index (χ0n) is 15.6. The monoisotopic (exact) mass is 400 g/mol. The summed E-state index contributed by atoms with van der Waals surface area (Å²) in [6.45, 7) is 7.74. The first-order valence-corrected chi connectivity index (χ1v) is 13.8.